The van der Waals surface area contributed by atoms with E-state index in [2.05, 4.69) is 18.7 Å². The second kappa shape index (κ2) is 12.9. The number of piperazine rings is 1. The first kappa shape index (κ1) is 25.7. The van der Waals surface area contributed by atoms with E-state index in [4.69, 9.17) is 5.73 Å². The predicted octanol–water partition coefficient (Wildman–Crippen LogP) is 1.41. The van der Waals surface area contributed by atoms with Crippen molar-refractivity contribution in [1.82, 2.24) is 14.7 Å². The summed E-state index contributed by atoms with van der Waals surface area (Å²) in [4.78, 5) is 30.6. The maximum atomic E-state index is 12.5. The van der Waals surface area contributed by atoms with E-state index in [1.54, 1.807) is 4.90 Å². The third-order valence-corrected chi connectivity index (χ3v) is 4.81. The maximum absolute atomic E-state index is 12.5. The molecule has 1 aliphatic heterocycles. The fraction of sp³-hybridized carbons (Fsp3) is 0.579. The number of rotatable bonds is 7. The normalized spacial score (nSPS) is 15.0. The number of likely N-dealkylation sites (N-methyl/N-ethyl adjacent to an activating group) is 1. The van der Waals surface area contributed by atoms with Crippen molar-refractivity contribution in [3.05, 3.63) is 35.9 Å². The molecule has 1 atom stereocenters. The molecule has 1 aromatic carbocycles. The Morgan fingerprint density at radius 1 is 1.00 bits per heavy atom. The van der Waals surface area contributed by atoms with Gasteiger partial charge in [-0.25, -0.2) is 0 Å². The van der Waals surface area contributed by atoms with Crippen molar-refractivity contribution in [2.45, 2.75) is 26.3 Å². The Morgan fingerprint density at radius 2 is 1.52 bits per heavy atom. The zero-order valence-corrected chi connectivity index (χ0v) is 17.8. The highest BCUT2D eigenvalue weighted by atomic mass is 35.5. The topological polar surface area (TPSA) is 69.9 Å². The number of nitrogens with two attached hydrogens (primary N) is 1. The number of hydrogen-bond donors (Lipinski definition) is 1. The van der Waals surface area contributed by atoms with Crippen molar-refractivity contribution in [3.63, 3.8) is 0 Å². The van der Waals surface area contributed by atoms with Gasteiger partial charge in [0.25, 0.3) is 0 Å². The largest absolute Gasteiger partial charge is 0.338 e. The van der Waals surface area contributed by atoms with Crippen LogP contribution in [0, 0.1) is 0 Å². The van der Waals surface area contributed by atoms with Crippen molar-refractivity contribution in [3.8, 4) is 0 Å². The van der Waals surface area contributed by atoms with Crippen LogP contribution in [0.1, 0.15) is 19.4 Å². The summed E-state index contributed by atoms with van der Waals surface area (Å²) in [5, 5.41) is 0. The average molecular weight is 419 g/mol. The minimum absolute atomic E-state index is 0. The number of benzene rings is 1. The molecule has 8 heteroatoms. The Morgan fingerprint density at radius 3 is 2.04 bits per heavy atom. The van der Waals surface area contributed by atoms with Gasteiger partial charge in [-0.15, -0.1) is 24.8 Å². The van der Waals surface area contributed by atoms with Crippen LogP contribution in [-0.2, 0) is 16.0 Å². The van der Waals surface area contributed by atoms with E-state index in [1.807, 2.05) is 35.2 Å². The Balaban J connectivity index is 0.00000338. The molecular formula is C19H32Cl2N4O2. The summed E-state index contributed by atoms with van der Waals surface area (Å²) in [5.74, 6) is 0.115. The Kier molecular flexibility index (Phi) is 12.3. The zero-order valence-electron chi connectivity index (χ0n) is 16.2. The smallest absolute Gasteiger partial charge is 0.239 e. The molecule has 1 heterocycles. The highest BCUT2D eigenvalue weighted by Crippen LogP contribution is 2.08. The monoisotopic (exact) mass is 418 g/mol. The molecule has 0 radical (unpaired) electrons. The molecule has 1 aromatic rings. The van der Waals surface area contributed by atoms with E-state index < -0.39 is 6.04 Å². The van der Waals surface area contributed by atoms with Gasteiger partial charge in [0, 0.05) is 26.2 Å². The van der Waals surface area contributed by atoms with E-state index in [1.165, 1.54) is 0 Å². The van der Waals surface area contributed by atoms with Crippen LogP contribution in [0.4, 0.5) is 0 Å². The quantitative estimate of drug-likeness (QED) is 0.726. The Labute approximate surface area is 174 Å². The molecule has 0 aliphatic carbocycles. The molecule has 1 fully saturated rings. The van der Waals surface area contributed by atoms with Crippen molar-refractivity contribution in [2.24, 2.45) is 5.73 Å². The molecule has 1 saturated heterocycles. The molecule has 0 saturated carbocycles. The third kappa shape index (κ3) is 7.66. The number of nitrogens with zero attached hydrogens (tertiary/aromatic N) is 3. The van der Waals surface area contributed by atoms with Gasteiger partial charge in [-0.1, -0.05) is 44.2 Å². The lowest BCUT2D eigenvalue weighted by atomic mass is 10.1. The molecule has 154 valence electrons. The van der Waals surface area contributed by atoms with Gasteiger partial charge in [0.15, 0.2) is 0 Å². The molecule has 2 amide bonds. The van der Waals surface area contributed by atoms with Gasteiger partial charge in [-0.05, 0) is 25.1 Å². The lowest BCUT2D eigenvalue weighted by Crippen LogP contribution is -2.55. The van der Waals surface area contributed by atoms with Crippen LogP contribution in [0.2, 0.25) is 0 Å². The Hall–Kier alpha value is -1.34. The highest BCUT2D eigenvalue weighted by Gasteiger charge is 2.27. The number of carbonyl (C=O) groups is 2. The molecule has 1 unspecified atom stereocenters. The minimum atomic E-state index is -0.527. The number of hydrogen-bond acceptors (Lipinski definition) is 4. The summed E-state index contributed by atoms with van der Waals surface area (Å²) < 4.78 is 0. The van der Waals surface area contributed by atoms with Gasteiger partial charge in [0.05, 0.1) is 12.6 Å². The van der Waals surface area contributed by atoms with Crippen LogP contribution in [0.3, 0.4) is 0 Å². The van der Waals surface area contributed by atoms with Gasteiger partial charge in [0.1, 0.15) is 0 Å². The highest BCUT2D eigenvalue weighted by molar-refractivity contribution is 5.85. The van der Waals surface area contributed by atoms with Gasteiger partial charge >= 0.3 is 0 Å². The second-order valence-corrected chi connectivity index (χ2v) is 6.46. The van der Waals surface area contributed by atoms with Gasteiger partial charge < -0.3 is 15.5 Å². The second-order valence-electron chi connectivity index (χ2n) is 6.46. The van der Waals surface area contributed by atoms with E-state index in [0.29, 0.717) is 39.1 Å². The van der Waals surface area contributed by atoms with Crippen LogP contribution in [0.15, 0.2) is 30.3 Å². The van der Waals surface area contributed by atoms with E-state index in [-0.39, 0.29) is 36.6 Å². The van der Waals surface area contributed by atoms with Gasteiger partial charge in [0.2, 0.25) is 11.8 Å². The standard InChI is InChI=1S/C19H30N4O2.2ClH/c1-3-21(4-2)15-18(24)22-10-12-23(13-11-22)19(25)17(20)14-16-8-6-5-7-9-16;;/h5-9,17H,3-4,10-15,20H2,1-2H3;2*1H. The van der Waals surface area contributed by atoms with Crippen molar-refractivity contribution in [2.75, 3.05) is 45.8 Å². The fourth-order valence-electron chi connectivity index (χ4n) is 3.10. The predicted molar refractivity (Wildman–Crippen MR) is 114 cm³/mol. The van der Waals surface area contributed by atoms with Gasteiger partial charge in [-0.2, -0.15) is 0 Å². The summed E-state index contributed by atoms with van der Waals surface area (Å²) in [6.07, 6.45) is 0.542. The first-order chi connectivity index (χ1) is 12.0. The molecule has 27 heavy (non-hydrogen) atoms. The van der Waals surface area contributed by atoms with Crippen molar-refractivity contribution >= 4 is 36.6 Å². The van der Waals surface area contributed by atoms with Crippen molar-refractivity contribution < 1.29 is 9.59 Å². The molecule has 0 spiro atoms. The summed E-state index contributed by atoms with van der Waals surface area (Å²) in [6.45, 7) is 8.60. The number of carbonyl (C=O) groups excluding carboxylic acids is 2. The molecule has 0 bridgehead atoms. The number of halogens is 2. The SMILES string of the molecule is CCN(CC)CC(=O)N1CCN(C(=O)C(N)Cc2ccccc2)CC1.Cl.Cl. The summed E-state index contributed by atoms with van der Waals surface area (Å²) in [5.41, 5.74) is 7.16. The van der Waals surface area contributed by atoms with Crippen LogP contribution >= 0.6 is 24.8 Å². The minimum Gasteiger partial charge on any atom is -0.338 e. The van der Waals surface area contributed by atoms with Gasteiger partial charge in [-0.3, -0.25) is 14.5 Å². The summed E-state index contributed by atoms with van der Waals surface area (Å²) >= 11 is 0. The van der Waals surface area contributed by atoms with Crippen molar-refractivity contribution in [1.29, 1.82) is 0 Å². The van der Waals surface area contributed by atoms with E-state index in [0.717, 1.165) is 18.7 Å². The Bertz CT molecular complexity index is 562. The van der Waals surface area contributed by atoms with Crippen LogP contribution in [0.5, 0.6) is 0 Å². The first-order valence-electron chi connectivity index (χ1n) is 9.13. The lowest BCUT2D eigenvalue weighted by Gasteiger charge is -2.36. The fourth-order valence-corrected chi connectivity index (χ4v) is 3.10. The molecule has 6 nitrogen and oxygen atoms in total. The molecule has 2 rings (SSSR count). The molecular weight excluding hydrogens is 387 g/mol. The van der Waals surface area contributed by atoms with Crippen LogP contribution < -0.4 is 5.73 Å². The first-order valence-corrected chi connectivity index (χ1v) is 9.13. The zero-order chi connectivity index (χ0) is 18.2. The van der Waals surface area contributed by atoms with E-state index in [9.17, 15) is 9.59 Å². The third-order valence-electron chi connectivity index (χ3n) is 4.81. The van der Waals surface area contributed by atoms with E-state index >= 15 is 0 Å². The molecule has 2 N–H and O–H groups in total. The number of amides is 2. The lowest BCUT2D eigenvalue weighted by molar-refractivity contribution is -0.140. The van der Waals surface area contributed by atoms with Crippen LogP contribution in [0.25, 0.3) is 0 Å². The summed E-state index contributed by atoms with van der Waals surface area (Å²) in [7, 11) is 0. The van der Waals surface area contributed by atoms with Crippen LogP contribution in [-0.4, -0.2) is 78.4 Å². The molecule has 1 aliphatic rings. The molecule has 0 aromatic heterocycles. The maximum Gasteiger partial charge on any atom is 0.239 e. The average Bonchev–Trinajstić information content (AvgIpc) is 2.66. The summed E-state index contributed by atoms with van der Waals surface area (Å²) in [6, 6.07) is 9.29.